The molecule has 2 bridgehead atoms. The summed E-state index contributed by atoms with van der Waals surface area (Å²) in [4.78, 5) is 17.0. The third-order valence-corrected chi connectivity index (χ3v) is 7.91. The molecular formula is C19H28N4OS. The van der Waals surface area contributed by atoms with E-state index in [1.54, 1.807) is 0 Å². The summed E-state index contributed by atoms with van der Waals surface area (Å²) in [5, 5.41) is 12.6. The van der Waals surface area contributed by atoms with E-state index in [1.165, 1.54) is 43.9 Å². The van der Waals surface area contributed by atoms with Crippen LogP contribution in [0.25, 0.3) is 0 Å². The number of fused-ring (bicyclic) bond motifs is 5. The first-order valence-electron chi connectivity index (χ1n) is 9.59. The van der Waals surface area contributed by atoms with Crippen LogP contribution in [0.2, 0.25) is 0 Å². The molecule has 1 N–H and O–H groups in total. The molecule has 1 heterocycles. The monoisotopic (exact) mass is 360 g/mol. The van der Waals surface area contributed by atoms with E-state index in [-0.39, 0.29) is 16.7 Å². The lowest BCUT2D eigenvalue weighted by molar-refractivity contribution is -0.119. The Hall–Kier alpha value is -1.17. The molecule has 25 heavy (non-hydrogen) atoms. The second-order valence-electron chi connectivity index (χ2n) is 8.66. The molecule has 0 radical (unpaired) electrons. The lowest BCUT2D eigenvalue weighted by Gasteiger charge is -2.33. The number of rotatable bonds is 4. The summed E-state index contributed by atoms with van der Waals surface area (Å²) in [5.74, 6) is 0.941. The molecule has 6 heteroatoms. The van der Waals surface area contributed by atoms with Crippen molar-refractivity contribution in [3.05, 3.63) is 11.4 Å². The molecule has 3 aliphatic rings. The number of aromatic nitrogens is 3. The Balaban J connectivity index is 1.41. The zero-order chi connectivity index (χ0) is 17.7. The summed E-state index contributed by atoms with van der Waals surface area (Å²) in [6.07, 6.45) is 8.33. The van der Waals surface area contributed by atoms with Crippen LogP contribution in [-0.2, 0) is 10.2 Å². The van der Waals surface area contributed by atoms with Gasteiger partial charge >= 0.3 is 0 Å². The van der Waals surface area contributed by atoms with Gasteiger partial charge in [0.05, 0.1) is 17.1 Å². The van der Waals surface area contributed by atoms with Crippen LogP contribution >= 0.6 is 11.8 Å². The highest BCUT2D eigenvalue weighted by Crippen LogP contribution is 2.66. The van der Waals surface area contributed by atoms with Crippen LogP contribution < -0.4 is 5.32 Å². The molecule has 0 spiro atoms. The van der Waals surface area contributed by atoms with Crippen LogP contribution in [0.15, 0.2) is 5.16 Å². The van der Waals surface area contributed by atoms with Gasteiger partial charge in [0.15, 0.2) is 0 Å². The Bertz CT molecular complexity index is 686. The second-order valence-corrected chi connectivity index (χ2v) is 9.61. The minimum absolute atomic E-state index is 0.0859. The topological polar surface area (TPSA) is 67.8 Å². The number of carbonyl (C=O) groups excluding carboxylic acids is 1. The fourth-order valence-corrected chi connectivity index (χ4v) is 5.67. The van der Waals surface area contributed by atoms with E-state index < -0.39 is 0 Å². The zero-order valence-corrected chi connectivity index (χ0v) is 16.3. The maximum absolute atomic E-state index is 12.2. The van der Waals surface area contributed by atoms with Crippen molar-refractivity contribution >= 4 is 17.7 Å². The average Bonchev–Trinajstić information content (AvgIpc) is 2.93. The lowest BCUT2D eigenvalue weighted by Crippen LogP contribution is -2.37. The van der Waals surface area contributed by atoms with E-state index >= 15 is 0 Å². The molecule has 0 unspecified atom stereocenters. The van der Waals surface area contributed by atoms with E-state index in [0.717, 1.165) is 24.2 Å². The number of nitrogens with zero attached hydrogens (tertiary/aromatic N) is 3. The third kappa shape index (κ3) is 2.77. The van der Waals surface area contributed by atoms with Gasteiger partial charge in [-0.2, -0.15) is 5.10 Å². The van der Waals surface area contributed by atoms with Crippen LogP contribution in [0.3, 0.4) is 0 Å². The number of hydrogen-bond donors (Lipinski definition) is 1. The molecule has 1 aromatic rings. The van der Waals surface area contributed by atoms with Gasteiger partial charge in [-0.1, -0.05) is 51.8 Å². The zero-order valence-electron chi connectivity index (χ0n) is 15.5. The van der Waals surface area contributed by atoms with Crippen molar-refractivity contribution in [3.63, 3.8) is 0 Å². The second kappa shape index (κ2) is 6.22. The van der Waals surface area contributed by atoms with E-state index in [9.17, 15) is 4.79 Å². The van der Waals surface area contributed by atoms with Crippen molar-refractivity contribution in [2.45, 2.75) is 88.2 Å². The molecule has 4 rings (SSSR count). The Morgan fingerprint density at radius 1 is 1.16 bits per heavy atom. The smallest absolute Gasteiger partial charge is 0.230 e. The molecule has 5 nitrogen and oxygen atoms in total. The standard InChI is InChI=1S/C19H28N4OS/c1-18(2)13-9-10-19(18,3)16-15(13)22-23-17(21-16)25-11-14(24)20-12-7-5-4-6-8-12/h12-13H,4-11H2,1-3H3,(H,20,24)/t13-,19+/m1/s1. The van der Waals surface area contributed by atoms with Crippen LogP contribution in [0, 0.1) is 5.41 Å². The van der Waals surface area contributed by atoms with Gasteiger partial charge in [-0.25, -0.2) is 4.98 Å². The molecule has 2 atom stereocenters. The van der Waals surface area contributed by atoms with Crippen LogP contribution in [-0.4, -0.2) is 32.9 Å². The third-order valence-electron chi connectivity index (χ3n) is 7.08. The molecule has 2 saturated carbocycles. The molecule has 1 aromatic heterocycles. The highest BCUT2D eigenvalue weighted by atomic mass is 32.2. The first kappa shape index (κ1) is 17.3. The van der Waals surface area contributed by atoms with Crippen LogP contribution in [0.5, 0.6) is 0 Å². The lowest BCUT2D eigenvalue weighted by atomic mass is 9.70. The van der Waals surface area contributed by atoms with Crippen molar-refractivity contribution in [3.8, 4) is 0 Å². The molecule has 136 valence electrons. The Morgan fingerprint density at radius 3 is 2.68 bits per heavy atom. The van der Waals surface area contributed by atoms with Crippen molar-refractivity contribution in [2.75, 3.05) is 5.75 Å². The van der Waals surface area contributed by atoms with Gasteiger partial charge in [-0.3, -0.25) is 4.79 Å². The van der Waals surface area contributed by atoms with Gasteiger partial charge < -0.3 is 5.32 Å². The number of thioether (sulfide) groups is 1. The van der Waals surface area contributed by atoms with Gasteiger partial charge in [0, 0.05) is 17.4 Å². The normalized spacial score (nSPS) is 30.3. The molecular weight excluding hydrogens is 332 g/mol. The maximum Gasteiger partial charge on any atom is 0.230 e. The number of amides is 1. The van der Waals surface area contributed by atoms with Crippen molar-refractivity contribution in [1.29, 1.82) is 0 Å². The van der Waals surface area contributed by atoms with Crippen LogP contribution in [0.4, 0.5) is 0 Å². The summed E-state index contributed by atoms with van der Waals surface area (Å²) in [6.45, 7) is 6.98. The Kier molecular flexibility index (Phi) is 4.29. The fourth-order valence-electron chi connectivity index (χ4n) is 5.07. The van der Waals surface area contributed by atoms with Gasteiger partial charge in [0.1, 0.15) is 0 Å². The first-order valence-corrected chi connectivity index (χ1v) is 10.6. The molecule has 2 fully saturated rings. The Morgan fingerprint density at radius 2 is 1.92 bits per heavy atom. The van der Waals surface area contributed by atoms with Gasteiger partial charge in [-0.15, -0.1) is 5.10 Å². The number of hydrogen-bond acceptors (Lipinski definition) is 5. The maximum atomic E-state index is 12.2. The average molecular weight is 361 g/mol. The van der Waals surface area contributed by atoms with Gasteiger partial charge in [0.2, 0.25) is 11.1 Å². The largest absolute Gasteiger partial charge is 0.353 e. The van der Waals surface area contributed by atoms with Crippen molar-refractivity contribution in [2.24, 2.45) is 5.41 Å². The van der Waals surface area contributed by atoms with E-state index in [0.29, 0.717) is 22.9 Å². The summed E-state index contributed by atoms with van der Waals surface area (Å²) in [5.41, 5.74) is 2.50. The molecule has 0 aromatic carbocycles. The predicted molar refractivity (Wildman–Crippen MR) is 98.7 cm³/mol. The Labute approximate surface area is 154 Å². The van der Waals surface area contributed by atoms with E-state index in [1.807, 2.05) is 0 Å². The number of carbonyl (C=O) groups is 1. The summed E-state index contributed by atoms with van der Waals surface area (Å²) >= 11 is 1.41. The summed E-state index contributed by atoms with van der Waals surface area (Å²) in [7, 11) is 0. The first-order chi connectivity index (χ1) is 11.9. The van der Waals surface area contributed by atoms with Crippen molar-refractivity contribution < 1.29 is 4.79 Å². The fraction of sp³-hybridized carbons (Fsp3) is 0.789. The summed E-state index contributed by atoms with van der Waals surface area (Å²) in [6, 6.07) is 0.358. The SMILES string of the molecule is CC1(C)[C@@H]2CC[C@@]1(C)c1nc(SCC(=O)NC3CCCCC3)nnc12. The van der Waals surface area contributed by atoms with Crippen LogP contribution in [0.1, 0.15) is 83.0 Å². The number of nitrogens with one attached hydrogen (secondary N) is 1. The predicted octanol–water partition coefficient (Wildman–Crippen LogP) is 3.59. The van der Waals surface area contributed by atoms with Crippen molar-refractivity contribution in [1.82, 2.24) is 20.5 Å². The minimum atomic E-state index is 0.0859. The summed E-state index contributed by atoms with van der Waals surface area (Å²) < 4.78 is 0. The molecule has 0 aliphatic heterocycles. The molecule has 0 saturated heterocycles. The highest BCUT2D eigenvalue weighted by molar-refractivity contribution is 7.99. The van der Waals surface area contributed by atoms with Gasteiger partial charge in [0.25, 0.3) is 0 Å². The van der Waals surface area contributed by atoms with E-state index in [4.69, 9.17) is 4.98 Å². The molecule has 3 aliphatic carbocycles. The van der Waals surface area contributed by atoms with E-state index in [2.05, 4.69) is 36.3 Å². The van der Waals surface area contributed by atoms with Gasteiger partial charge in [-0.05, 0) is 31.1 Å². The highest BCUT2D eigenvalue weighted by Gasteiger charge is 2.61. The minimum Gasteiger partial charge on any atom is -0.353 e. The quantitative estimate of drug-likeness (QED) is 0.831. The molecule has 1 amide bonds.